The van der Waals surface area contributed by atoms with Crippen LogP contribution in [0.3, 0.4) is 0 Å². The van der Waals surface area contributed by atoms with Gasteiger partial charge in [0.2, 0.25) is 0 Å². The van der Waals surface area contributed by atoms with Crippen LogP contribution in [-0.4, -0.2) is 37.3 Å². The lowest BCUT2D eigenvalue weighted by Gasteiger charge is -2.37. The SMILES string of the molecule is COc1ccc2c(N3CC(C)NC(C)C3)nccc2c1. The van der Waals surface area contributed by atoms with E-state index in [2.05, 4.69) is 41.2 Å². The molecule has 1 fully saturated rings. The van der Waals surface area contributed by atoms with Crippen LogP contribution in [0.4, 0.5) is 5.82 Å². The lowest BCUT2D eigenvalue weighted by molar-refractivity contribution is 0.406. The highest BCUT2D eigenvalue weighted by atomic mass is 16.5. The molecular formula is C16H21N3O. The van der Waals surface area contributed by atoms with E-state index in [1.165, 1.54) is 10.8 Å². The van der Waals surface area contributed by atoms with Crippen LogP contribution in [0.25, 0.3) is 10.8 Å². The Kier molecular flexibility index (Phi) is 3.49. The van der Waals surface area contributed by atoms with Crippen LogP contribution in [0.15, 0.2) is 30.5 Å². The summed E-state index contributed by atoms with van der Waals surface area (Å²) in [6.07, 6.45) is 1.88. The van der Waals surface area contributed by atoms with Crippen molar-refractivity contribution in [2.24, 2.45) is 0 Å². The standard InChI is InChI=1S/C16H21N3O/c1-11-9-19(10-12(2)18-11)16-15-5-4-14(20-3)8-13(15)6-7-17-16/h4-8,11-12,18H,9-10H2,1-3H3. The number of aromatic nitrogens is 1. The maximum absolute atomic E-state index is 5.30. The largest absolute Gasteiger partial charge is 0.497 e. The van der Waals surface area contributed by atoms with Gasteiger partial charge >= 0.3 is 0 Å². The molecule has 2 atom stereocenters. The van der Waals surface area contributed by atoms with Gasteiger partial charge in [-0.15, -0.1) is 0 Å². The Balaban J connectivity index is 2.02. The number of ether oxygens (including phenoxy) is 1. The van der Waals surface area contributed by atoms with E-state index in [1.54, 1.807) is 7.11 Å². The highest BCUT2D eigenvalue weighted by Gasteiger charge is 2.23. The Bertz CT molecular complexity index is 604. The van der Waals surface area contributed by atoms with Gasteiger partial charge in [0.25, 0.3) is 0 Å². The highest BCUT2D eigenvalue weighted by molar-refractivity contribution is 5.93. The quantitative estimate of drug-likeness (QED) is 0.910. The molecule has 106 valence electrons. The van der Waals surface area contributed by atoms with Crippen molar-refractivity contribution in [3.63, 3.8) is 0 Å². The Labute approximate surface area is 119 Å². The van der Waals surface area contributed by atoms with Crippen molar-refractivity contribution in [1.29, 1.82) is 0 Å². The maximum Gasteiger partial charge on any atom is 0.136 e. The van der Waals surface area contributed by atoms with Crippen molar-refractivity contribution in [3.05, 3.63) is 30.5 Å². The van der Waals surface area contributed by atoms with E-state index in [0.717, 1.165) is 24.7 Å². The first-order chi connectivity index (χ1) is 9.67. The number of anilines is 1. The summed E-state index contributed by atoms with van der Waals surface area (Å²) >= 11 is 0. The fourth-order valence-electron chi connectivity index (χ4n) is 3.02. The van der Waals surface area contributed by atoms with Gasteiger partial charge in [-0.05, 0) is 43.5 Å². The second kappa shape index (κ2) is 5.29. The van der Waals surface area contributed by atoms with Crippen LogP contribution in [0.1, 0.15) is 13.8 Å². The first-order valence-electron chi connectivity index (χ1n) is 7.11. The summed E-state index contributed by atoms with van der Waals surface area (Å²) in [7, 11) is 1.70. The highest BCUT2D eigenvalue weighted by Crippen LogP contribution is 2.28. The van der Waals surface area contributed by atoms with E-state index < -0.39 is 0 Å². The Morgan fingerprint density at radius 1 is 1.20 bits per heavy atom. The molecule has 20 heavy (non-hydrogen) atoms. The van der Waals surface area contributed by atoms with Gasteiger partial charge in [0.15, 0.2) is 0 Å². The zero-order chi connectivity index (χ0) is 14.1. The van der Waals surface area contributed by atoms with Gasteiger partial charge in [-0.1, -0.05) is 0 Å². The number of pyridine rings is 1. The maximum atomic E-state index is 5.30. The van der Waals surface area contributed by atoms with E-state index in [0.29, 0.717) is 12.1 Å². The number of methoxy groups -OCH3 is 1. The number of rotatable bonds is 2. The second-order valence-electron chi connectivity index (χ2n) is 5.60. The van der Waals surface area contributed by atoms with Crippen molar-refractivity contribution >= 4 is 16.6 Å². The summed E-state index contributed by atoms with van der Waals surface area (Å²) < 4.78 is 5.30. The zero-order valence-electron chi connectivity index (χ0n) is 12.3. The third-order valence-corrected chi connectivity index (χ3v) is 3.81. The van der Waals surface area contributed by atoms with Gasteiger partial charge < -0.3 is 15.0 Å². The lowest BCUT2D eigenvalue weighted by Crippen LogP contribution is -2.54. The molecule has 3 rings (SSSR count). The Morgan fingerprint density at radius 3 is 2.65 bits per heavy atom. The minimum atomic E-state index is 0.481. The number of nitrogens with zero attached hydrogens (tertiary/aromatic N) is 2. The summed E-state index contributed by atoms with van der Waals surface area (Å²) in [5.41, 5.74) is 0. The van der Waals surface area contributed by atoms with Crippen LogP contribution in [-0.2, 0) is 0 Å². The fraction of sp³-hybridized carbons (Fsp3) is 0.438. The molecular weight excluding hydrogens is 250 g/mol. The normalized spacial score (nSPS) is 23.1. The van der Waals surface area contributed by atoms with Gasteiger partial charge in [0.05, 0.1) is 7.11 Å². The predicted molar refractivity (Wildman–Crippen MR) is 82.6 cm³/mol. The van der Waals surface area contributed by atoms with Crippen molar-refractivity contribution in [1.82, 2.24) is 10.3 Å². The van der Waals surface area contributed by atoms with E-state index in [-0.39, 0.29) is 0 Å². The van der Waals surface area contributed by atoms with Crippen molar-refractivity contribution in [2.45, 2.75) is 25.9 Å². The Hall–Kier alpha value is -1.81. The average Bonchev–Trinajstić information content (AvgIpc) is 2.45. The molecule has 1 aliphatic heterocycles. The molecule has 0 bridgehead atoms. The number of hydrogen-bond donors (Lipinski definition) is 1. The van der Waals surface area contributed by atoms with Crippen LogP contribution in [0.5, 0.6) is 5.75 Å². The second-order valence-corrected chi connectivity index (χ2v) is 5.60. The van der Waals surface area contributed by atoms with Gasteiger partial charge in [0.1, 0.15) is 11.6 Å². The van der Waals surface area contributed by atoms with Crippen LogP contribution in [0.2, 0.25) is 0 Å². The summed E-state index contributed by atoms with van der Waals surface area (Å²) in [5, 5.41) is 5.92. The molecule has 0 amide bonds. The summed E-state index contributed by atoms with van der Waals surface area (Å²) in [5.74, 6) is 1.96. The van der Waals surface area contributed by atoms with Gasteiger partial charge in [-0.25, -0.2) is 4.98 Å². The minimum Gasteiger partial charge on any atom is -0.497 e. The number of benzene rings is 1. The van der Waals surface area contributed by atoms with Gasteiger partial charge in [-0.3, -0.25) is 0 Å². The average molecular weight is 271 g/mol. The van der Waals surface area contributed by atoms with Gasteiger partial charge in [0, 0.05) is 36.8 Å². The Morgan fingerprint density at radius 2 is 1.95 bits per heavy atom. The molecule has 1 N–H and O–H groups in total. The summed E-state index contributed by atoms with van der Waals surface area (Å²) in [4.78, 5) is 6.99. The molecule has 1 aromatic heterocycles. The fourth-order valence-corrected chi connectivity index (χ4v) is 3.02. The first-order valence-corrected chi connectivity index (χ1v) is 7.11. The number of nitrogens with one attached hydrogen (secondary N) is 1. The molecule has 0 spiro atoms. The van der Waals surface area contributed by atoms with Crippen molar-refractivity contribution < 1.29 is 4.74 Å². The molecule has 1 saturated heterocycles. The van der Waals surface area contributed by atoms with E-state index in [4.69, 9.17) is 4.74 Å². The third-order valence-electron chi connectivity index (χ3n) is 3.81. The molecule has 2 unspecified atom stereocenters. The van der Waals surface area contributed by atoms with Crippen LogP contribution >= 0.6 is 0 Å². The molecule has 4 heteroatoms. The zero-order valence-corrected chi connectivity index (χ0v) is 12.3. The first kappa shape index (κ1) is 13.2. The topological polar surface area (TPSA) is 37.4 Å². The lowest BCUT2D eigenvalue weighted by atomic mass is 10.1. The molecule has 0 radical (unpaired) electrons. The summed E-state index contributed by atoms with van der Waals surface area (Å²) in [6, 6.07) is 9.17. The predicted octanol–water partition coefficient (Wildman–Crippen LogP) is 2.43. The van der Waals surface area contributed by atoms with Gasteiger partial charge in [-0.2, -0.15) is 0 Å². The smallest absolute Gasteiger partial charge is 0.136 e. The monoisotopic (exact) mass is 271 g/mol. The van der Waals surface area contributed by atoms with E-state index >= 15 is 0 Å². The summed E-state index contributed by atoms with van der Waals surface area (Å²) in [6.45, 7) is 6.42. The molecule has 1 aromatic carbocycles. The third kappa shape index (κ3) is 2.43. The minimum absolute atomic E-state index is 0.481. The molecule has 1 aliphatic rings. The number of fused-ring (bicyclic) bond motifs is 1. The van der Waals surface area contributed by atoms with Crippen molar-refractivity contribution in [3.8, 4) is 5.75 Å². The molecule has 2 heterocycles. The van der Waals surface area contributed by atoms with Crippen molar-refractivity contribution in [2.75, 3.05) is 25.1 Å². The molecule has 4 nitrogen and oxygen atoms in total. The number of hydrogen-bond acceptors (Lipinski definition) is 4. The van der Waals surface area contributed by atoms with E-state index in [9.17, 15) is 0 Å². The molecule has 2 aromatic rings. The number of piperazine rings is 1. The molecule has 0 aliphatic carbocycles. The molecule has 0 saturated carbocycles. The van der Waals surface area contributed by atoms with Crippen LogP contribution < -0.4 is 15.0 Å². The van der Waals surface area contributed by atoms with E-state index in [1.807, 2.05) is 18.3 Å². The van der Waals surface area contributed by atoms with Crippen LogP contribution in [0, 0.1) is 0 Å².